The molecule has 0 aromatic rings. The zero-order valence-electron chi connectivity index (χ0n) is 5.16. The third-order valence-electron chi connectivity index (χ3n) is 1.58. The van der Waals surface area contributed by atoms with Gasteiger partial charge in [-0.3, -0.25) is 4.79 Å². The summed E-state index contributed by atoms with van der Waals surface area (Å²) in [4.78, 5) is 22.6. The molecule has 0 bridgehead atoms. The average Bonchev–Trinajstić information content (AvgIpc) is 2.40. The van der Waals surface area contributed by atoms with Crippen molar-refractivity contribution in [3.05, 3.63) is 11.8 Å². The lowest BCUT2D eigenvalue weighted by atomic mass is 10.4. The van der Waals surface area contributed by atoms with Gasteiger partial charge in [-0.25, -0.2) is 9.69 Å². The molecule has 2 heterocycles. The summed E-state index contributed by atoms with van der Waals surface area (Å²) in [7, 11) is 0. The highest BCUT2D eigenvalue weighted by Gasteiger charge is 2.36. The fraction of sp³-hybridized carbons (Fsp3) is 0.333. The summed E-state index contributed by atoms with van der Waals surface area (Å²) in [5.41, 5.74) is 0.690. The Hall–Kier alpha value is -1.32. The largest absolute Gasteiger partial charge is 0.442 e. The maximum Gasteiger partial charge on any atom is 0.421 e. The van der Waals surface area contributed by atoms with E-state index >= 15 is 0 Å². The number of hydrogen-bond acceptors (Lipinski definition) is 3. The van der Waals surface area contributed by atoms with Crippen molar-refractivity contribution < 1.29 is 14.3 Å². The topological polar surface area (TPSA) is 46.6 Å². The van der Waals surface area contributed by atoms with Gasteiger partial charge in [0.2, 0.25) is 5.91 Å². The van der Waals surface area contributed by atoms with Crippen molar-refractivity contribution in [1.82, 2.24) is 4.90 Å². The van der Waals surface area contributed by atoms with Crippen molar-refractivity contribution >= 4 is 12.0 Å². The zero-order chi connectivity index (χ0) is 7.14. The first kappa shape index (κ1) is 5.46. The molecule has 4 heteroatoms. The van der Waals surface area contributed by atoms with Gasteiger partial charge in [0, 0.05) is 6.42 Å². The first-order valence-electron chi connectivity index (χ1n) is 2.98. The van der Waals surface area contributed by atoms with E-state index in [0.717, 1.165) is 4.90 Å². The van der Waals surface area contributed by atoms with Crippen LogP contribution in [0.15, 0.2) is 11.8 Å². The van der Waals surface area contributed by atoms with Crippen LogP contribution >= 0.6 is 0 Å². The van der Waals surface area contributed by atoms with Gasteiger partial charge >= 0.3 is 6.09 Å². The summed E-state index contributed by atoms with van der Waals surface area (Å²) < 4.78 is 4.59. The van der Waals surface area contributed by atoms with E-state index in [1.165, 1.54) is 0 Å². The van der Waals surface area contributed by atoms with Gasteiger partial charge in [-0.15, -0.1) is 0 Å². The maximum atomic E-state index is 10.8. The van der Waals surface area contributed by atoms with E-state index in [4.69, 9.17) is 0 Å². The number of fused-ring (bicyclic) bond motifs is 1. The number of rotatable bonds is 0. The standard InChI is InChI=1S/C6H5NO3/c8-5-2-1-4-3-10-6(9)7(4)5/h1H,2-3H2. The number of imide groups is 1. The van der Waals surface area contributed by atoms with Crippen LogP contribution in [-0.4, -0.2) is 23.5 Å². The van der Waals surface area contributed by atoms with Crippen LogP contribution in [0.5, 0.6) is 0 Å². The zero-order valence-corrected chi connectivity index (χ0v) is 5.16. The number of carbonyl (C=O) groups excluding carboxylic acids is 2. The predicted octanol–water partition coefficient (Wildman–Crippen LogP) is 0.253. The van der Waals surface area contributed by atoms with Crippen molar-refractivity contribution in [3.8, 4) is 0 Å². The summed E-state index contributed by atoms with van der Waals surface area (Å²) in [6.07, 6.45) is 1.52. The van der Waals surface area contributed by atoms with Crippen molar-refractivity contribution in [3.63, 3.8) is 0 Å². The molecule has 1 fully saturated rings. The lowest BCUT2D eigenvalue weighted by Crippen LogP contribution is -2.25. The summed E-state index contributed by atoms with van der Waals surface area (Å²) in [6.45, 7) is 0.255. The van der Waals surface area contributed by atoms with Crippen LogP contribution in [0.3, 0.4) is 0 Å². The van der Waals surface area contributed by atoms with Crippen LogP contribution in [0.25, 0.3) is 0 Å². The van der Waals surface area contributed by atoms with E-state index in [2.05, 4.69) is 4.74 Å². The van der Waals surface area contributed by atoms with Crippen LogP contribution in [0, 0.1) is 0 Å². The van der Waals surface area contributed by atoms with Gasteiger partial charge in [-0.05, 0) is 0 Å². The predicted molar refractivity (Wildman–Crippen MR) is 30.9 cm³/mol. The van der Waals surface area contributed by atoms with Gasteiger partial charge in [-0.2, -0.15) is 0 Å². The van der Waals surface area contributed by atoms with Crippen LogP contribution in [0.2, 0.25) is 0 Å². The summed E-state index contributed by atoms with van der Waals surface area (Å²) in [5.74, 6) is -0.183. The Kier molecular flexibility index (Phi) is 0.869. The van der Waals surface area contributed by atoms with Crippen molar-refractivity contribution in [2.45, 2.75) is 6.42 Å². The molecule has 1 saturated heterocycles. The highest BCUT2D eigenvalue weighted by Crippen LogP contribution is 2.22. The highest BCUT2D eigenvalue weighted by atomic mass is 16.6. The lowest BCUT2D eigenvalue weighted by Gasteiger charge is -2.02. The minimum Gasteiger partial charge on any atom is -0.442 e. The molecule has 2 rings (SSSR count). The molecule has 0 unspecified atom stereocenters. The Morgan fingerprint density at radius 1 is 1.50 bits per heavy atom. The third-order valence-corrected chi connectivity index (χ3v) is 1.58. The minimum atomic E-state index is -0.534. The molecule has 0 radical (unpaired) electrons. The molecule has 2 aliphatic heterocycles. The van der Waals surface area contributed by atoms with Gasteiger partial charge in [-0.1, -0.05) is 6.08 Å². The quantitative estimate of drug-likeness (QED) is 0.483. The fourth-order valence-electron chi connectivity index (χ4n) is 1.09. The molecule has 4 nitrogen and oxygen atoms in total. The van der Waals surface area contributed by atoms with Gasteiger partial charge in [0.1, 0.15) is 6.61 Å². The number of nitrogens with zero attached hydrogens (tertiary/aromatic N) is 1. The molecule has 52 valence electrons. The molecule has 0 spiro atoms. The van der Waals surface area contributed by atoms with Gasteiger partial charge in [0.25, 0.3) is 0 Å². The fourth-order valence-corrected chi connectivity index (χ4v) is 1.09. The first-order valence-corrected chi connectivity index (χ1v) is 2.98. The van der Waals surface area contributed by atoms with Crippen LogP contribution in [0.1, 0.15) is 6.42 Å². The molecule has 0 atom stereocenters. The van der Waals surface area contributed by atoms with Gasteiger partial charge in [0.15, 0.2) is 0 Å². The van der Waals surface area contributed by atoms with E-state index < -0.39 is 6.09 Å². The molecule has 10 heavy (non-hydrogen) atoms. The molecular weight excluding hydrogens is 134 g/mol. The normalized spacial score (nSPS) is 22.8. The van der Waals surface area contributed by atoms with Crippen LogP contribution in [0.4, 0.5) is 4.79 Å². The van der Waals surface area contributed by atoms with Crippen molar-refractivity contribution in [1.29, 1.82) is 0 Å². The molecule has 2 aliphatic rings. The summed E-state index contributed by atoms with van der Waals surface area (Å²) in [6, 6.07) is 0. The first-order chi connectivity index (χ1) is 4.79. The molecular formula is C6H5NO3. The smallest absolute Gasteiger partial charge is 0.421 e. The lowest BCUT2D eigenvalue weighted by molar-refractivity contribution is -0.124. The Balaban J connectivity index is 2.38. The Labute approximate surface area is 57.1 Å². The molecule has 0 aliphatic carbocycles. The number of ether oxygens (including phenoxy) is 1. The third kappa shape index (κ3) is 0.504. The van der Waals surface area contributed by atoms with E-state index in [-0.39, 0.29) is 12.5 Å². The number of carbonyl (C=O) groups is 2. The van der Waals surface area contributed by atoms with E-state index in [9.17, 15) is 9.59 Å². The molecule has 0 aromatic heterocycles. The Morgan fingerprint density at radius 3 is 3.00 bits per heavy atom. The van der Waals surface area contributed by atoms with Crippen molar-refractivity contribution in [2.24, 2.45) is 0 Å². The molecule has 0 saturated carbocycles. The second kappa shape index (κ2) is 1.59. The van der Waals surface area contributed by atoms with E-state index in [0.29, 0.717) is 12.1 Å². The second-order valence-corrected chi connectivity index (χ2v) is 2.18. The second-order valence-electron chi connectivity index (χ2n) is 2.18. The van der Waals surface area contributed by atoms with E-state index in [1.807, 2.05) is 0 Å². The maximum absolute atomic E-state index is 10.8. The summed E-state index contributed by atoms with van der Waals surface area (Å²) >= 11 is 0. The molecule has 0 aromatic carbocycles. The van der Waals surface area contributed by atoms with Crippen molar-refractivity contribution in [2.75, 3.05) is 6.61 Å². The average molecular weight is 139 g/mol. The summed E-state index contributed by atoms with van der Waals surface area (Å²) in [5, 5.41) is 0. The van der Waals surface area contributed by atoms with Crippen LogP contribution in [-0.2, 0) is 9.53 Å². The minimum absolute atomic E-state index is 0.183. The molecule has 2 amide bonds. The SMILES string of the molecule is O=C1CC=C2COC(=O)N12. The molecule has 0 N–H and O–H groups in total. The Bertz CT molecular complexity index is 243. The number of amides is 2. The van der Waals surface area contributed by atoms with Gasteiger partial charge < -0.3 is 4.74 Å². The van der Waals surface area contributed by atoms with Crippen LogP contribution < -0.4 is 0 Å². The number of cyclic esters (lactones) is 1. The highest BCUT2D eigenvalue weighted by molar-refractivity contribution is 5.98. The van der Waals surface area contributed by atoms with Gasteiger partial charge in [0.05, 0.1) is 5.70 Å². The number of hydrogen-bond donors (Lipinski definition) is 0. The van der Waals surface area contributed by atoms with E-state index in [1.54, 1.807) is 6.08 Å². The Morgan fingerprint density at radius 2 is 2.30 bits per heavy atom. The monoisotopic (exact) mass is 139 g/mol.